The van der Waals surface area contributed by atoms with Crippen LogP contribution < -0.4 is 15.1 Å². The highest BCUT2D eigenvalue weighted by molar-refractivity contribution is 5.96. The smallest absolute Gasteiger partial charge is 0.246 e. The molecule has 0 fully saturated rings. The molecule has 2 aromatic rings. The third kappa shape index (κ3) is 4.08. The molecule has 1 amide bonds. The molecule has 128 valence electrons. The number of halogens is 1. The highest BCUT2D eigenvalue weighted by atomic mass is 35.5. The van der Waals surface area contributed by atoms with Crippen LogP contribution in [0.1, 0.15) is 12.5 Å². The van der Waals surface area contributed by atoms with E-state index in [0.29, 0.717) is 13.1 Å². The van der Waals surface area contributed by atoms with Gasteiger partial charge in [0.05, 0.1) is 6.54 Å². The number of amides is 1. The monoisotopic (exact) mass is 345 g/mol. The van der Waals surface area contributed by atoms with Gasteiger partial charge in [-0.15, -0.1) is 12.4 Å². The van der Waals surface area contributed by atoms with E-state index in [1.165, 1.54) is 5.56 Å². The summed E-state index contributed by atoms with van der Waals surface area (Å²) < 4.78 is 0. The van der Waals surface area contributed by atoms with Crippen molar-refractivity contribution in [2.75, 3.05) is 36.0 Å². The Labute approximate surface area is 149 Å². The molecule has 0 atom stereocenters. The van der Waals surface area contributed by atoms with Crippen molar-refractivity contribution in [3.8, 4) is 0 Å². The van der Waals surface area contributed by atoms with Crippen LogP contribution in [0.15, 0.2) is 54.6 Å². The van der Waals surface area contributed by atoms with E-state index in [-0.39, 0.29) is 18.3 Å². The minimum absolute atomic E-state index is 0. The van der Waals surface area contributed by atoms with Crippen molar-refractivity contribution in [1.29, 1.82) is 0 Å². The molecule has 1 aliphatic rings. The molecule has 2 aromatic carbocycles. The Morgan fingerprint density at radius 3 is 2.58 bits per heavy atom. The summed E-state index contributed by atoms with van der Waals surface area (Å²) >= 11 is 0. The van der Waals surface area contributed by atoms with E-state index >= 15 is 0 Å². The van der Waals surface area contributed by atoms with E-state index in [1.54, 1.807) is 0 Å². The van der Waals surface area contributed by atoms with Gasteiger partial charge in [-0.2, -0.15) is 0 Å². The fourth-order valence-corrected chi connectivity index (χ4v) is 3.05. The average molecular weight is 346 g/mol. The standard InChI is InChI=1S/C19H23N3O.ClH/c1-2-22(17-9-4-3-5-10-17)19(23)15-21-13-12-20-14-16-8-6-7-11-18(16)21;/h3-11,20H,2,12-15H2,1H3;1H. The van der Waals surface area contributed by atoms with Gasteiger partial charge in [0.15, 0.2) is 0 Å². The second kappa shape index (κ2) is 8.71. The minimum atomic E-state index is 0. The normalized spacial score (nSPS) is 13.5. The number of benzene rings is 2. The molecular formula is C19H24ClN3O. The quantitative estimate of drug-likeness (QED) is 0.925. The maximum Gasteiger partial charge on any atom is 0.246 e. The van der Waals surface area contributed by atoms with Crippen molar-refractivity contribution in [3.05, 3.63) is 60.2 Å². The molecule has 0 saturated heterocycles. The van der Waals surface area contributed by atoms with Crippen LogP contribution in [-0.2, 0) is 11.3 Å². The number of fused-ring (bicyclic) bond motifs is 1. The first kappa shape index (κ1) is 18.3. The van der Waals surface area contributed by atoms with Gasteiger partial charge < -0.3 is 15.1 Å². The average Bonchev–Trinajstić information content (AvgIpc) is 2.79. The molecule has 0 saturated carbocycles. The van der Waals surface area contributed by atoms with Gasteiger partial charge in [-0.1, -0.05) is 36.4 Å². The number of hydrogen-bond donors (Lipinski definition) is 1. The summed E-state index contributed by atoms with van der Waals surface area (Å²) in [5.41, 5.74) is 3.37. The lowest BCUT2D eigenvalue weighted by atomic mass is 10.1. The van der Waals surface area contributed by atoms with E-state index in [1.807, 2.05) is 54.3 Å². The first-order valence-corrected chi connectivity index (χ1v) is 8.18. The van der Waals surface area contributed by atoms with E-state index in [2.05, 4.69) is 22.3 Å². The summed E-state index contributed by atoms with van der Waals surface area (Å²) in [6, 6.07) is 18.2. The predicted octanol–water partition coefficient (Wildman–Crippen LogP) is 3.07. The molecule has 5 heteroatoms. The lowest BCUT2D eigenvalue weighted by molar-refractivity contribution is -0.117. The molecule has 0 aromatic heterocycles. The second-order valence-corrected chi connectivity index (χ2v) is 5.70. The fraction of sp³-hybridized carbons (Fsp3) is 0.316. The summed E-state index contributed by atoms with van der Waals surface area (Å²) in [7, 11) is 0. The minimum Gasteiger partial charge on any atom is -0.361 e. The van der Waals surface area contributed by atoms with E-state index in [0.717, 1.165) is 31.0 Å². The van der Waals surface area contributed by atoms with Gasteiger partial charge in [0, 0.05) is 37.6 Å². The summed E-state index contributed by atoms with van der Waals surface area (Å²) in [6.07, 6.45) is 0. The number of carbonyl (C=O) groups excluding carboxylic acids is 1. The van der Waals surface area contributed by atoms with Crippen LogP contribution in [0.3, 0.4) is 0 Å². The largest absolute Gasteiger partial charge is 0.361 e. The number of nitrogens with one attached hydrogen (secondary N) is 1. The highest BCUT2D eigenvalue weighted by Gasteiger charge is 2.20. The molecule has 24 heavy (non-hydrogen) atoms. The van der Waals surface area contributed by atoms with Crippen LogP contribution in [0.4, 0.5) is 11.4 Å². The summed E-state index contributed by atoms with van der Waals surface area (Å²) in [5.74, 6) is 0.135. The lowest BCUT2D eigenvalue weighted by Gasteiger charge is -2.28. The number of rotatable bonds is 4. The van der Waals surface area contributed by atoms with Crippen LogP contribution in [0.2, 0.25) is 0 Å². The topological polar surface area (TPSA) is 35.6 Å². The van der Waals surface area contributed by atoms with Gasteiger partial charge in [-0.25, -0.2) is 0 Å². The third-order valence-electron chi connectivity index (χ3n) is 4.22. The van der Waals surface area contributed by atoms with Crippen LogP contribution in [0, 0.1) is 0 Å². The van der Waals surface area contributed by atoms with Crippen LogP contribution >= 0.6 is 12.4 Å². The maximum atomic E-state index is 12.8. The molecule has 1 heterocycles. The van der Waals surface area contributed by atoms with Crippen molar-refractivity contribution >= 4 is 29.7 Å². The number of hydrogen-bond acceptors (Lipinski definition) is 3. The van der Waals surface area contributed by atoms with Gasteiger partial charge in [0.25, 0.3) is 0 Å². The Kier molecular flexibility index (Phi) is 6.64. The van der Waals surface area contributed by atoms with Crippen LogP contribution in [0.5, 0.6) is 0 Å². The van der Waals surface area contributed by atoms with Gasteiger partial charge in [-0.3, -0.25) is 4.79 Å². The fourth-order valence-electron chi connectivity index (χ4n) is 3.05. The molecule has 1 aliphatic heterocycles. The zero-order valence-corrected chi connectivity index (χ0v) is 14.8. The van der Waals surface area contributed by atoms with Gasteiger partial charge in [0.1, 0.15) is 0 Å². The van der Waals surface area contributed by atoms with Crippen LogP contribution in [-0.4, -0.2) is 32.1 Å². The summed E-state index contributed by atoms with van der Waals surface area (Å²) in [6.45, 7) is 5.69. The van der Waals surface area contributed by atoms with Gasteiger partial charge in [-0.05, 0) is 30.7 Å². The Bertz CT molecular complexity index is 663. The molecule has 4 nitrogen and oxygen atoms in total. The Morgan fingerprint density at radius 1 is 1.12 bits per heavy atom. The van der Waals surface area contributed by atoms with Crippen molar-refractivity contribution in [2.24, 2.45) is 0 Å². The van der Waals surface area contributed by atoms with Crippen molar-refractivity contribution in [2.45, 2.75) is 13.5 Å². The molecule has 1 N–H and O–H groups in total. The second-order valence-electron chi connectivity index (χ2n) is 5.70. The number of likely N-dealkylation sites (N-methyl/N-ethyl adjacent to an activating group) is 1. The molecule has 3 rings (SSSR count). The van der Waals surface area contributed by atoms with Crippen molar-refractivity contribution < 1.29 is 4.79 Å². The number of nitrogens with zero attached hydrogens (tertiary/aromatic N) is 2. The molecule has 0 bridgehead atoms. The highest BCUT2D eigenvalue weighted by Crippen LogP contribution is 2.22. The van der Waals surface area contributed by atoms with Crippen LogP contribution in [0.25, 0.3) is 0 Å². The maximum absolute atomic E-state index is 12.8. The van der Waals surface area contributed by atoms with E-state index in [9.17, 15) is 4.79 Å². The first-order chi connectivity index (χ1) is 11.3. The molecule has 0 aliphatic carbocycles. The molecule has 0 unspecified atom stereocenters. The van der Waals surface area contributed by atoms with Crippen molar-refractivity contribution in [3.63, 3.8) is 0 Å². The Hall–Kier alpha value is -2.04. The first-order valence-electron chi connectivity index (χ1n) is 8.18. The SMILES string of the molecule is CCN(C(=O)CN1CCNCc2ccccc21)c1ccccc1.Cl. The zero-order valence-electron chi connectivity index (χ0n) is 13.9. The Balaban J connectivity index is 0.00000208. The Morgan fingerprint density at radius 2 is 1.83 bits per heavy atom. The number of para-hydroxylation sites is 2. The third-order valence-corrected chi connectivity index (χ3v) is 4.22. The summed E-state index contributed by atoms with van der Waals surface area (Å²) in [5, 5.41) is 3.41. The van der Waals surface area contributed by atoms with E-state index < -0.39 is 0 Å². The van der Waals surface area contributed by atoms with E-state index in [4.69, 9.17) is 0 Å². The van der Waals surface area contributed by atoms with Crippen molar-refractivity contribution in [1.82, 2.24) is 5.32 Å². The molecule has 0 radical (unpaired) electrons. The lowest BCUT2D eigenvalue weighted by Crippen LogP contribution is -2.42. The number of carbonyl (C=O) groups is 1. The van der Waals surface area contributed by atoms with Gasteiger partial charge >= 0.3 is 0 Å². The zero-order chi connectivity index (χ0) is 16.1. The molecule has 0 spiro atoms. The number of anilines is 2. The van der Waals surface area contributed by atoms with Gasteiger partial charge in [0.2, 0.25) is 5.91 Å². The molecular weight excluding hydrogens is 322 g/mol. The summed E-state index contributed by atoms with van der Waals surface area (Å²) in [4.78, 5) is 16.9. The predicted molar refractivity (Wildman–Crippen MR) is 102 cm³/mol.